The van der Waals surface area contributed by atoms with Gasteiger partial charge in [-0.1, -0.05) is 0 Å². The minimum atomic E-state index is -0.490. The average Bonchev–Trinajstić information content (AvgIpc) is 3.24. The molecular formula is C8H18B6N10O. The van der Waals surface area contributed by atoms with Gasteiger partial charge < -0.3 is 0 Å². The van der Waals surface area contributed by atoms with Gasteiger partial charge in [-0.15, -0.1) is 0 Å². The van der Waals surface area contributed by atoms with Gasteiger partial charge in [0, 0.05) is 0 Å². The Kier molecular flexibility index (Phi) is 4.77. The first kappa shape index (κ1) is 16.6. The third-order valence-electron chi connectivity index (χ3n) is 4.20. The summed E-state index contributed by atoms with van der Waals surface area (Å²) in [6.07, 6.45) is 8.09. The van der Waals surface area contributed by atoms with E-state index in [4.69, 9.17) is 4.57 Å². The van der Waals surface area contributed by atoms with E-state index in [-0.39, 0.29) is 14.2 Å². The quantitative estimate of drug-likeness (QED) is 0.387. The maximum atomic E-state index is 5.94. The van der Waals surface area contributed by atoms with Crippen LogP contribution in [0.1, 0.15) is 0 Å². The fourth-order valence-corrected chi connectivity index (χ4v) is 2.91. The molecule has 25 heavy (non-hydrogen) atoms. The molecule has 17 heteroatoms. The molecule has 0 spiro atoms. The molecule has 0 bridgehead atoms. The molecule has 0 saturated carbocycles. The average molecular weight is 335 g/mol. The third-order valence-corrected chi connectivity index (χ3v) is 4.20. The maximum absolute atomic E-state index is 5.94. The summed E-state index contributed by atoms with van der Waals surface area (Å²) in [4.78, 5) is 17.0. The van der Waals surface area contributed by atoms with Gasteiger partial charge in [-0.3, -0.25) is 0 Å². The van der Waals surface area contributed by atoms with E-state index in [0.717, 1.165) is 13.3 Å². The van der Waals surface area contributed by atoms with Crippen LogP contribution in [0.4, 0.5) is 0 Å². The van der Waals surface area contributed by atoms with E-state index in [9.17, 15) is 0 Å². The van der Waals surface area contributed by atoms with Crippen LogP contribution in [0.5, 0.6) is 0 Å². The number of rotatable bonds is 4. The van der Waals surface area contributed by atoms with Crippen LogP contribution in [0.2, 0.25) is 0 Å². The summed E-state index contributed by atoms with van der Waals surface area (Å²) in [7, 11) is 6.24. The van der Waals surface area contributed by atoms with Gasteiger partial charge in [0.2, 0.25) is 0 Å². The number of nitrogens with one attached hydrogen (secondary N) is 4. The fraction of sp³-hybridized carbons (Fsp3) is 0.500. The van der Waals surface area contributed by atoms with Crippen molar-refractivity contribution in [3.05, 3.63) is 24.8 Å². The Hall–Kier alpha value is -1.85. The van der Waals surface area contributed by atoms with Crippen LogP contribution >= 0.6 is 0 Å². The Morgan fingerprint density at radius 1 is 0.840 bits per heavy atom. The number of hydrogen-bond donors (Lipinski definition) is 4. The second-order valence-corrected chi connectivity index (χ2v) is 6.29. The van der Waals surface area contributed by atoms with E-state index in [2.05, 4.69) is 49.6 Å². The Labute approximate surface area is 150 Å². The molecule has 4 rings (SSSR count). The molecule has 124 valence electrons. The van der Waals surface area contributed by atoms with Crippen molar-refractivity contribution >= 4 is 43.0 Å². The van der Waals surface area contributed by atoms with Crippen LogP contribution in [0.3, 0.4) is 0 Å². The molecule has 4 N–H and O–H groups in total. The van der Waals surface area contributed by atoms with Crippen molar-refractivity contribution in [1.29, 1.82) is 0 Å². The van der Waals surface area contributed by atoms with Crippen molar-refractivity contribution in [2.45, 2.75) is 0 Å². The molecule has 0 saturated heterocycles. The van der Waals surface area contributed by atoms with Gasteiger partial charge >= 0.3 is 149 Å². The van der Waals surface area contributed by atoms with Crippen LogP contribution in [0, 0.1) is 0 Å². The van der Waals surface area contributed by atoms with Crippen LogP contribution in [0.15, 0.2) is 34.4 Å². The summed E-state index contributed by atoms with van der Waals surface area (Å²) in [6, 6.07) is 0. The predicted octanol–water partition coefficient (Wildman–Crippen LogP) is -3.71. The predicted molar refractivity (Wildman–Crippen MR) is 100 cm³/mol. The van der Waals surface area contributed by atoms with Crippen LogP contribution in [0.25, 0.3) is 0 Å². The third kappa shape index (κ3) is 3.88. The zero-order chi connectivity index (χ0) is 17.2. The molecular weight excluding hydrogens is 317 g/mol. The first-order chi connectivity index (χ1) is 12.2. The van der Waals surface area contributed by atoms with E-state index in [0.29, 0.717) is 0 Å². The molecule has 0 aliphatic carbocycles. The van der Waals surface area contributed by atoms with Crippen LogP contribution < -0.4 is 20.6 Å². The van der Waals surface area contributed by atoms with Crippen molar-refractivity contribution in [2.24, 2.45) is 9.61 Å². The molecule has 4 aliphatic heterocycles. The molecule has 4 heterocycles. The van der Waals surface area contributed by atoms with E-state index < -0.39 is 14.4 Å². The molecule has 11 nitrogen and oxygen atoms in total. The molecule has 0 radical (unpaired) electrons. The van der Waals surface area contributed by atoms with Gasteiger partial charge in [0.1, 0.15) is 0 Å². The van der Waals surface area contributed by atoms with E-state index in [1.807, 2.05) is 38.9 Å². The molecule has 0 aromatic rings. The van der Waals surface area contributed by atoms with Crippen LogP contribution in [-0.4, -0.2) is 89.9 Å². The van der Waals surface area contributed by atoms with Crippen molar-refractivity contribution in [1.82, 2.24) is 40.0 Å². The van der Waals surface area contributed by atoms with Crippen molar-refractivity contribution in [2.75, 3.05) is 27.4 Å². The SMILES string of the molecule is CN1C=CN(B2NB=NB(OB3N=BNB(N4C=CN(C)C4)N3)N2)C1. The van der Waals surface area contributed by atoms with Crippen molar-refractivity contribution < 1.29 is 4.57 Å². The Morgan fingerprint density at radius 2 is 1.32 bits per heavy atom. The zero-order valence-corrected chi connectivity index (χ0v) is 14.3. The number of hydrogen-bond acceptors (Lipinski definition) is 11. The van der Waals surface area contributed by atoms with Gasteiger partial charge in [0.25, 0.3) is 0 Å². The molecule has 0 aromatic carbocycles. The molecule has 0 fully saturated rings. The standard InChI is InChI=1S/C8H18B6N10O/c1-21-3-5-23(7-21)11-15-9-17-13(19-11)25-14-18-10-16-12(20-14)24-6-4-22(2)8-24/h3-6,15-16,19-20H,7-8H2,1-2H3. The summed E-state index contributed by atoms with van der Waals surface area (Å²) in [5.41, 5.74) is 0. The topological polar surface area (TPSA) is 95.0 Å². The zero-order valence-electron chi connectivity index (χ0n) is 14.3. The molecule has 0 aromatic heterocycles. The van der Waals surface area contributed by atoms with Gasteiger partial charge in [-0.25, -0.2) is 0 Å². The van der Waals surface area contributed by atoms with Crippen molar-refractivity contribution in [3.8, 4) is 0 Å². The molecule has 0 unspecified atom stereocenters. The van der Waals surface area contributed by atoms with Crippen molar-refractivity contribution in [3.63, 3.8) is 0 Å². The van der Waals surface area contributed by atoms with E-state index in [1.54, 1.807) is 14.4 Å². The summed E-state index contributed by atoms with van der Waals surface area (Å²) < 4.78 is 5.94. The number of nitrogens with zero attached hydrogens (tertiary/aromatic N) is 6. The second-order valence-electron chi connectivity index (χ2n) is 6.29. The Bertz CT molecular complexity index is 556. The second kappa shape index (κ2) is 7.18. The summed E-state index contributed by atoms with van der Waals surface area (Å²) >= 11 is 0. The first-order valence-electron chi connectivity index (χ1n) is 8.19. The summed E-state index contributed by atoms with van der Waals surface area (Å²) in [6.45, 7) is 1.59. The first-order valence-corrected chi connectivity index (χ1v) is 8.19. The Morgan fingerprint density at radius 3 is 1.72 bits per heavy atom. The normalized spacial score (nSPS) is 21.8. The van der Waals surface area contributed by atoms with Gasteiger partial charge in [0.15, 0.2) is 0 Å². The molecule has 0 atom stereocenters. The summed E-state index contributed by atoms with van der Waals surface area (Å²) in [5.74, 6) is 0. The van der Waals surface area contributed by atoms with Gasteiger partial charge in [-0.2, -0.15) is 0 Å². The monoisotopic (exact) mass is 336 g/mol. The molecule has 0 amide bonds. The fourth-order valence-electron chi connectivity index (χ4n) is 2.91. The van der Waals surface area contributed by atoms with E-state index in [1.165, 1.54) is 0 Å². The Balaban J connectivity index is 1.31. The summed E-state index contributed by atoms with van der Waals surface area (Å²) in [5, 5.41) is 13.0. The van der Waals surface area contributed by atoms with Gasteiger partial charge in [0.05, 0.1) is 0 Å². The molecule has 4 aliphatic rings. The van der Waals surface area contributed by atoms with Gasteiger partial charge in [-0.05, 0) is 0 Å². The minimum absolute atomic E-state index is 0.0830. The van der Waals surface area contributed by atoms with Crippen LogP contribution in [-0.2, 0) is 4.57 Å². The van der Waals surface area contributed by atoms with E-state index >= 15 is 0 Å².